The number of hydrogen-bond acceptors (Lipinski definition) is 6. The summed E-state index contributed by atoms with van der Waals surface area (Å²) in [7, 11) is -5.16. The number of ether oxygens (including phenoxy) is 2. The van der Waals surface area contributed by atoms with Crippen molar-refractivity contribution in [1.29, 1.82) is 0 Å². The van der Waals surface area contributed by atoms with Crippen LogP contribution in [0.5, 0.6) is 0 Å². The quantitative estimate of drug-likeness (QED) is 0.333. The van der Waals surface area contributed by atoms with Gasteiger partial charge in [-0.15, -0.1) is 0 Å². The van der Waals surface area contributed by atoms with Crippen molar-refractivity contribution in [3.05, 3.63) is 60.7 Å². The van der Waals surface area contributed by atoms with Crippen LogP contribution in [0.15, 0.2) is 60.7 Å². The molecular weight excluding hydrogens is 549 g/mol. The van der Waals surface area contributed by atoms with Crippen LogP contribution in [0.3, 0.4) is 0 Å². The summed E-state index contributed by atoms with van der Waals surface area (Å²) >= 11 is 0. The maximum atomic E-state index is 11.9. The summed E-state index contributed by atoms with van der Waals surface area (Å²) in [6.45, 7) is 23.7. The number of rotatable bonds is 11. The Morgan fingerprint density at radius 3 is 1.76 bits per heavy atom. The maximum absolute atomic E-state index is 11.9. The van der Waals surface area contributed by atoms with E-state index in [0.29, 0.717) is 6.61 Å². The normalized spacial score (nSPS) is 21.3. The van der Waals surface area contributed by atoms with Crippen molar-refractivity contribution in [2.24, 2.45) is 5.92 Å². The van der Waals surface area contributed by atoms with Gasteiger partial charge in [-0.05, 0) is 47.4 Å². The topological polar surface area (TPSA) is 77.4 Å². The van der Waals surface area contributed by atoms with Gasteiger partial charge in [0.25, 0.3) is 8.32 Å². The number of aliphatic hydroxyl groups excluding tert-OH is 2. The van der Waals surface area contributed by atoms with Gasteiger partial charge in [-0.25, -0.2) is 0 Å². The maximum Gasteiger partial charge on any atom is 0.261 e. The van der Waals surface area contributed by atoms with Crippen molar-refractivity contribution < 1.29 is 28.5 Å². The number of aliphatic hydroxyl groups is 2. The van der Waals surface area contributed by atoms with Crippen LogP contribution in [0.25, 0.3) is 0 Å². The first-order valence-corrected chi connectivity index (χ1v) is 19.7. The minimum absolute atomic E-state index is 0.106. The van der Waals surface area contributed by atoms with E-state index in [2.05, 4.69) is 103 Å². The molecule has 0 spiro atoms. The third kappa shape index (κ3) is 7.59. The Kier molecular flexibility index (Phi) is 10.6. The van der Waals surface area contributed by atoms with Crippen LogP contribution in [0.1, 0.15) is 62.3 Å². The van der Waals surface area contributed by atoms with Gasteiger partial charge in [0.05, 0.1) is 18.8 Å². The summed E-state index contributed by atoms with van der Waals surface area (Å²) in [6.07, 6.45) is -3.49. The molecule has 0 radical (unpaired) electrons. The zero-order valence-electron chi connectivity index (χ0n) is 27.1. The van der Waals surface area contributed by atoms with Gasteiger partial charge in [0.15, 0.2) is 14.1 Å². The predicted molar refractivity (Wildman–Crippen MR) is 172 cm³/mol. The van der Waals surface area contributed by atoms with E-state index in [9.17, 15) is 10.2 Å². The first-order chi connectivity index (χ1) is 18.8. The molecule has 2 N–H and O–H groups in total. The highest BCUT2D eigenvalue weighted by atomic mass is 28.4. The molecule has 6 nitrogen and oxygen atoms in total. The summed E-state index contributed by atoms with van der Waals surface area (Å²) in [5.74, 6) is -1.12. The summed E-state index contributed by atoms with van der Waals surface area (Å²) in [4.78, 5) is 0. The molecule has 8 heteroatoms. The van der Waals surface area contributed by atoms with Gasteiger partial charge in [-0.2, -0.15) is 0 Å². The molecule has 230 valence electrons. The highest BCUT2D eigenvalue weighted by Crippen LogP contribution is 2.40. The van der Waals surface area contributed by atoms with Crippen LogP contribution in [0.4, 0.5) is 0 Å². The molecule has 0 aromatic heterocycles. The number of benzene rings is 2. The molecule has 1 fully saturated rings. The number of hydrogen-bond donors (Lipinski definition) is 2. The van der Waals surface area contributed by atoms with Crippen molar-refractivity contribution in [3.63, 3.8) is 0 Å². The molecule has 5 atom stereocenters. The van der Waals surface area contributed by atoms with Gasteiger partial charge >= 0.3 is 0 Å². The molecule has 0 aliphatic carbocycles. The standard InChI is InChI=1S/C33H54O6Si2/c1-24(22-37-41(32(5,6)7,25-18-14-12-15-19-25)26-20-16-13-17-21-26)28(34)30(39-40(10,11)31(2,3)4)29(35)27-23-36-33(8,9)38-27/h12-21,24,27-30,34-35H,22-23H2,1-11H3/t24-,27+,28+,29-,30-/m1/s1. The van der Waals surface area contributed by atoms with Crippen LogP contribution in [0.2, 0.25) is 23.2 Å². The smallest absolute Gasteiger partial charge is 0.261 e. The van der Waals surface area contributed by atoms with Crippen LogP contribution < -0.4 is 10.4 Å². The fourth-order valence-electron chi connectivity index (χ4n) is 5.39. The van der Waals surface area contributed by atoms with Gasteiger partial charge in [-0.1, -0.05) is 109 Å². The van der Waals surface area contributed by atoms with Crippen molar-refractivity contribution >= 4 is 27.0 Å². The minimum atomic E-state index is -2.79. The molecular formula is C33H54O6Si2. The van der Waals surface area contributed by atoms with E-state index in [1.165, 1.54) is 10.4 Å². The van der Waals surface area contributed by atoms with Crippen LogP contribution in [0, 0.1) is 5.92 Å². The fourth-order valence-corrected chi connectivity index (χ4v) is 11.4. The lowest BCUT2D eigenvalue weighted by molar-refractivity contribution is -0.169. The summed E-state index contributed by atoms with van der Waals surface area (Å²) in [5, 5.41) is 25.6. The summed E-state index contributed by atoms with van der Waals surface area (Å²) in [6, 6.07) is 21.0. The Balaban J connectivity index is 1.96. The first-order valence-electron chi connectivity index (χ1n) is 14.9. The first kappa shape index (κ1) is 34.1. The van der Waals surface area contributed by atoms with Gasteiger partial charge in [0, 0.05) is 12.5 Å². The van der Waals surface area contributed by atoms with E-state index >= 15 is 0 Å². The van der Waals surface area contributed by atoms with Crippen LogP contribution >= 0.6 is 0 Å². The van der Waals surface area contributed by atoms with Gasteiger partial charge in [0.1, 0.15) is 12.2 Å². The lowest BCUT2D eigenvalue weighted by Crippen LogP contribution is -2.67. The highest BCUT2D eigenvalue weighted by Gasteiger charge is 2.52. The predicted octanol–water partition coefficient (Wildman–Crippen LogP) is 5.46. The summed E-state index contributed by atoms with van der Waals surface area (Å²) < 4.78 is 25.7. The van der Waals surface area contributed by atoms with E-state index in [4.69, 9.17) is 18.3 Å². The molecule has 0 saturated carbocycles. The second-order valence-corrected chi connectivity index (χ2v) is 23.7. The van der Waals surface area contributed by atoms with Crippen LogP contribution in [-0.2, 0) is 18.3 Å². The van der Waals surface area contributed by atoms with E-state index in [1.54, 1.807) is 0 Å². The Labute approximate surface area is 250 Å². The Morgan fingerprint density at radius 2 is 1.37 bits per heavy atom. The van der Waals surface area contributed by atoms with Crippen molar-refractivity contribution in [2.45, 2.75) is 116 Å². The van der Waals surface area contributed by atoms with E-state index in [-0.39, 0.29) is 22.6 Å². The van der Waals surface area contributed by atoms with Crippen molar-refractivity contribution in [3.8, 4) is 0 Å². The van der Waals surface area contributed by atoms with E-state index in [0.717, 1.165) is 0 Å². The highest BCUT2D eigenvalue weighted by molar-refractivity contribution is 6.99. The van der Waals surface area contributed by atoms with Crippen molar-refractivity contribution in [2.75, 3.05) is 13.2 Å². The Hall–Kier alpha value is -1.37. The zero-order chi connectivity index (χ0) is 30.9. The molecule has 0 unspecified atom stereocenters. The third-order valence-electron chi connectivity index (χ3n) is 8.88. The second kappa shape index (κ2) is 12.7. The molecule has 0 amide bonds. The molecule has 1 heterocycles. The molecule has 2 aromatic rings. The molecule has 1 aliphatic heterocycles. The SMILES string of the molecule is C[C@H](CO[Si](c1ccccc1)(c1ccccc1)C(C)(C)C)[C@H](O)[C@@H](O[Si](C)(C)C(C)(C)C)[C@H](O)[C@@H]1COC(C)(C)O1. The fraction of sp³-hybridized carbons (Fsp3) is 0.636. The average molecular weight is 603 g/mol. The molecule has 1 aliphatic rings. The van der Waals surface area contributed by atoms with Crippen LogP contribution in [-0.4, -0.2) is 70.3 Å². The van der Waals surface area contributed by atoms with Gasteiger partial charge < -0.3 is 28.5 Å². The molecule has 0 bridgehead atoms. The van der Waals surface area contributed by atoms with Gasteiger partial charge in [-0.3, -0.25) is 0 Å². The monoisotopic (exact) mass is 602 g/mol. The third-order valence-corrected chi connectivity index (χ3v) is 18.4. The van der Waals surface area contributed by atoms with Gasteiger partial charge in [0.2, 0.25) is 0 Å². The largest absolute Gasteiger partial charge is 0.409 e. The molecule has 1 saturated heterocycles. The second-order valence-electron chi connectivity index (χ2n) is 14.6. The molecule has 2 aromatic carbocycles. The van der Waals surface area contributed by atoms with E-state index in [1.807, 2.05) is 32.9 Å². The Bertz CT molecular complexity index is 1050. The molecule has 41 heavy (non-hydrogen) atoms. The zero-order valence-corrected chi connectivity index (χ0v) is 29.1. The van der Waals surface area contributed by atoms with Crippen molar-refractivity contribution in [1.82, 2.24) is 0 Å². The lowest BCUT2D eigenvalue weighted by atomic mass is 9.95. The lowest BCUT2D eigenvalue weighted by Gasteiger charge is -2.45. The molecule has 3 rings (SSSR count). The summed E-state index contributed by atoms with van der Waals surface area (Å²) in [5.41, 5.74) is 0. The Morgan fingerprint density at radius 1 is 0.878 bits per heavy atom. The minimum Gasteiger partial charge on any atom is -0.409 e. The average Bonchev–Trinajstić information content (AvgIpc) is 3.26. The van der Waals surface area contributed by atoms with E-state index < -0.39 is 46.8 Å².